The van der Waals surface area contributed by atoms with E-state index in [-0.39, 0.29) is 5.56 Å². The van der Waals surface area contributed by atoms with Gasteiger partial charge in [0.1, 0.15) is 5.82 Å². The van der Waals surface area contributed by atoms with Crippen molar-refractivity contribution < 1.29 is 0 Å². The molecule has 0 saturated carbocycles. The van der Waals surface area contributed by atoms with Gasteiger partial charge in [0.15, 0.2) is 0 Å². The number of hydrogen-bond acceptors (Lipinski definition) is 4. The summed E-state index contributed by atoms with van der Waals surface area (Å²) in [5, 5.41) is 3.66. The first-order chi connectivity index (χ1) is 18.2. The molecule has 0 aliphatic rings. The number of fused-ring (bicyclic) bond motifs is 2. The van der Waals surface area contributed by atoms with Crippen molar-refractivity contribution in [1.29, 1.82) is 0 Å². The van der Waals surface area contributed by atoms with E-state index in [1.165, 1.54) is 0 Å². The van der Waals surface area contributed by atoms with Gasteiger partial charge in [0, 0.05) is 17.1 Å². The average molecular weight is 496 g/mol. The highest BCUT2D eigenvalue weighted by Gasteiger charge is 2.13. The number of thiophene rings is 1. The lowest BCUT2D eigenvalue weighted by Gasteiger charge is -2.14. The standard InChI is InChI=1S/C32H21N3OS/c1-22-20-23(10-14-26-7-5-19-37-26)12-16-30(22)35-31(34-29-9-3-2-8-27(29)32(35)36)17-13-24-11-15-28-25(21-24)6-4-18-33-28/h2-9,11-13,15-21H,1H3. The Bertz CT molecular complexity index is 1920. The van der Waals surface area contributed by atoms with Crippen LogP contribution in [0.5, 0.6) is 0 Å². The smallest absolute Gasteiger partial charge is 0.266 e. The Hall–Kier alpha value is -4.79. The number of aromatic nitrogens is 3. The van der Waals surface area contributed by atoms with Crippen LogP contribution in [-0.4, -0.2) is 14.5 Å². The van der Waals surface area contributed by atoms with Crippen LogP contribution in [0.15, 0.2) is 101 Å². The molecule has 3 heterocycles. The summed E-state index contributed by atoms with van der Waals surface area (Å²) in [5.74, 6) is 6.99. The van der Waals surface area contributed by atoms with Gasteiger partial charge in [0.05, 0.1) is 27.0 Å². The molecule has 0 unspecified atom stereocenters. The summed E-state index contributed by atoms with van der Waals surface area (Å²) in [4.78, 5) is 24.0. The van der Waals surface area contributed by atoms with E-state index in [2.05, 4.69) is 22.9 Å². The molecule has 3 aromatic carbocycles. The van der Waals surface area contributed by atoms with Crippen LogP contribution >= 0.6 is 11.3 Å². The molecule has 6 aromatic rings. The first-order valence-corrected chi connectivity index (χ1v) is 12.7. The quantitative estimate of drug-likeness (QED) is 0.252. The predicted octanol–water partition coefficient (Wildman–Crippen LogP) is 6.87. The van der Waals surface area contributed by atoms with Gasteiger partial charge in [-0.25, -0.2) is 4.98 Å². The molecular weight excluding hydrogens is 474 g/mol. The van der Waals surface area contributed by atoms with Gasteiger partial charge in [-0.05, 0) is 84.1 Å². The number of pyridine rings is 1. The highest BCUT2D eigenvalue weighted by Crippen LogP contribution is 2.21. The van der Waals surface area contributed by atoms with Crippen molar-refractivity contribution >= 4 is 45.3 Å². The zero-order valence-corrected chi connectivity index (χ0v) is 20.9. The van der Waals surface area contributed by atoms with Crippen LogP contribution in [0.2, 0.25) is 0 Å². The number of hydrogen-bond donors (Lipinski definition) is 0. The Kier molecular flexibility index (Phi) is 5.94. The zero-order valence-electron chi connectivity index (χ0n) is 20.1. The second kappa shape index (κ2) is 9.69. The Labute approximate surface area is 218 Å². The molecule has 176 valence electrons. The van der Waals surface area contributed by atoms with Crippen molar-refractivity contribution in [3.05, 3.63) is 134 Å². The fourth-order valence-electron chi connectivity index (χ4n) is 4.33. The highest BCUT2D eigenvalue weighted by molar-refractivity contribution is 7.10. The lowest BCUT2D eigenvalue weighted by atomic mass is 10.1. The van der Waals surface area contributed by atoms with Crippen molar-refractivity contribution in [3.8, 4) is 17.5 Å². The van der Waals surface area contributed by atoms with E-state index >= 15 is 0 Å². The van der Waals surface area contributed by atoms with Crippen LogP contribution in [0.3, 0.4) is 0 Å². The Morgan fingerprint density at radius 1 is 0.865 bits per heavy atom. The lowest BCUT2D eigenvalue weighted by Crippen LogP contribution is -2.23. The van der Waals surface area contributed by atoms with Crippen LogP contribution in [0, 0.1) is 18.8 Å². The Morgan fingerprint density at radius 2 is 1.78 bits per heavy atom. The molecule has 0 amide bonds. The van der Waals surface area contributed by atoms with Crippen molar-refractivity contribution in [3.63, 3.8) is 0 Å². The van der Waals surface area contributed by atoms with Gasteiger partial charge in [0.2, 0.25) is 0 Å². The van der Waals surface area contributed by atoms with E-state index in [4.69, 9.17) is 4.98 Å². The fourth-order valence-corrected chi connectivity index (χ4v) is 4.90. The van der Waals surface area contributed by atoms with Gasteiger partial charge in [-0.1, -0.05) is 48.2 Å². The molecule has 37 heavy (non-hydrogen) atoms. The van der Waals surface area contributed by atoms with Crippen molar-refractivity contribution in [1.82, 2.24) is 14.5 Å². The summed E-state index contributed by atoms with van der Waals surface area (Å²) in [7, 11) is 0. The lowest BCUT2D eigenvalue weighted by molar-refractivity contribution is 0.934. The van der Waals surface area contributed by atoms with E-state index in [1.807, 2.05) is 103 Å². The normalized spacial score (nSPS) is 11.2. The topological polar surface area (TPSA) is 47.8 Å². The molecule has 6 rings (SSSR count). The van der Waals surface area contributed by atoms with Crippen molar-refractivity contribution in [2.75, 3.05) is 0 Å². The van der Waals surface area contributed by atoms with Gasteiger partial charge in [-0.15, -0.1) is 11.3 Å². The average Bonchev–Trinajstić information content (AvgIpc) is 3.45. The first-order valence-electron chi connectivity index (χ1n) is 11.9. The second-order valence-corrected chi connectivity index (χ2v) is 9.59. The van der Waals surface area contributed by atoms with Crippen LogP contribution in [0.25, 0.3) is 39.6 Å². The molecule has 0 saturated heterocycles. The maximum Gasteiger partial charge on any atom is 0.266 e. The molecule has 0 radical (unpaired) electrons. The third-order valence-electron chi connectivity index (χ3n) is 6.14. The van der Waals surface area contributed by atoms with Gasteiger partial charge in [0.25, 0.3) is 5.56 Å². The third kappa shape index (κ3) is 4.58. The third-order valence-corrected chi connectivity index (χ3v) is 6.93. The second-order valence-electron chi connectivity index (χ2n) is 8.65. The number of benzene rings is 3. The maximum absolute atomic E-state index is 13.7. The van der Waals surface area contributed by atoms with Crippen LogP contribution in [-0.2, 0) is 0 Å². The number of nitrogens with zero attached hydrogens (tertiary/aromatic N) is 3. The molecule has 5 heteroatoms. The molecule has 4 nitrogen and oxygen atoms in total. The highest BCUT2D eigenvalue weighted by atomic mass is 32.1. The minimum absolute atomic E-state index is 0.103. The van der Waals surface area contributed by atoms with Crippen molar-refractivity contribution in [2.24, 2.45) is 0 Å². The van der Waals surface area contributed by atoms with E-state index < -0.39 is 0 Å². The summed E-state index contributed by atoms with van der Waals surface area (Å²) >= 11 is 1.62. The number of para-hydroxylation sites is 1. The molecule has 0 aliphatic carbocycles. The zero-order chi connectivity index (χ0) is 25.2. The molecule has 3 aromatic heterocycles. The molecule has 0 aliphatic heterocycles. The van der Waals surface area contributed by atoms with Crippen LogP contribution in [0.1, 0.15) is 27.4 Å². The summed E-state index contributed by atoms with van der Waals surface area (Å²) in [6, 6.07) is 27.4. The molecule has 0 N–H and O–H groups in total. The molecular formula is C32H21N3OS. The predicted molar refractivity (Wildman–Crippen MR) is 153 cm³/mol. The summed E-state index contributed by atoms with van der Waals surface area (Å²) < 4.78 is 1.69. The van der Waals surface area contributed by atoms with E-state index in [9.17, 15) is 4.79 Å². The maximum atomic E-state index is 13.7. The van der Waals surface area contributed by atoms with Gasteiger partial charge >= 0.3 is 0 Å². The summed E-state index contributed by atoms with van der Waals surface area (Å²) in [5.41, 5.74) is 5.15. The molecule has 0 bridgehead atoms. The SMILES string of the molecule is Cc1cc(C#Cc2cccs2)ccc1-n1c(C=Cc2ccc3ncccc3c2)nc2ccccc2c1=O. The summed E-state index contributed by atoms with van der Waals surface area (Å²) in [6.45, 7) is 2.00. The van der Waals surface area contributed by atoms with E-state index in [1.54, 1.807) is 22.1 Å². The molecule has 0 atom stereocenters. The Balaban J connectivity index is 1.46. The number of aryl methyl sites for hydroxylation is 1. The minimum Gasteiger partial charge on any atom is -0.268 e. The largest absolute Gasteiger partial charge is 0.268 e. The van der Waals surface area contributed by atoms with Crippen LogP contribution in [0.4, 0.5) is 0 Å². The van der Waals surface area contributed by atoms with Crippen molar-refractivity contribution in [2.45, 2.75) is 6.92 Å². The van der Waals surface area contributed by atoms with E-state index in [0.717, 1.165) is 38.2 Å². The van der Waals surface area contributed by atoms with Gasteiger partial charge in [-0.3, -0.25) is 14.3 Å². The van der Waals surface area contributed by atoms with Gasteiger partial charge < -0.3 is 0 Å². The first kappa shape index (κ1) is 22.7. The van der Waals surface area contributed by atoms with Crippen LogP contribution < -0.4 is 5.56 Å². The minimum atomic E-state index is -0.103. The monoisotopic (exact) mass is 495 g/mol. The van der Waals surface area contributed by atoms with E-state index in [0.29, 0.717) is 16.7 Å². The van der Waals surface area contributed by atoms with Gasteiger partial charge in [-0.2, -0.15) is 0 Å². The molecule has 0 spiro atoms. The Morgan fingerprint density at radius 3 is 2.65 bits per heavy atom. The number of rotatable bonds is 3. The summed E-state index contributed by atoms with van der Waals surface area (Å²) in [6.07, 6.45) is 5.67. The molecule has 0 fully saturated rings. The fraction of sp³-hybridized carbons (Fsp3) is 0.0312.